The highest BCUT2D eigenvalue weighted by molar-refractivity contribution is 5.70. The van der Waals surface area contributed by atoms with Crippen LogP contribution in [0.2, 0.25) is 0 Å². The standard InChI is InChI=1S/C11H10F3NO/c12-11(13,14)10-9-6-7(1-3-15)5-8(9)2-4-16-10/h2,4-6H,1,3,15H2. The summed E-state index contributed by atoms with van der Waals surface area (Å²) in [4.78, 5) is 0. The van der Waals surface area contributed by atoms with Gasteiger partial charge < -0.3 is 10.2 Å². The van der Waals surface area contributed by atoms with E-state index in [1.165, 1.54) is 12.1 Å². The Balaban J connectivity index is 2.53. The van der Waals surface area contributed by atoms with Crippen LogP contribution in [0.3, 0.4) is 0 Å². The van der Waals surface area contributed by atoms with Crippen molar-refractivity contribution in [2.45, 2.75) is 12.6 Å². The lowest BCUT2D eigenvalue weighted by Crippen LogP contribution is -2.06. The average Bonchev–Trinajstić information content (AvgIpc) is 2.58. The molecule has 5 heteroatoms. The van der Waals surface area contributed by atoms with Crippen molar-refractivity contribution in [1.82, 2.24) is 0 Å². The number of fused-ring (bicyclic) bond motifs is 1. The van der Waals surface area contributed by atoms with Crippen molar-refractivity contribution < 1.29 is 17.6 Å². The van der Waals surface area contributed by atoms with E-state index in [1.54, 1.807) is 6.07 Å². The lowest BCUT2D eigenvalue weighted by atomic mass is 10.1. The van der Waals surface area contributed by atoms with E-state index >= 15 is 0 Å². The second kappa shape index (κ2) is 3.83. The van der Waals surface area contributed by atoms with Crippen molar-refractivity contribution in [2.75, 3.05) is 6.54 Å². The summed E-state index contributed by atoms with van der Waals surface area (Å²) in [6, 6.07) is 4.70. The SMILES string of the molecule is NCCc1cc2ccoc(C(F)(F)F)c-2c1. The van der Waals surface area contributed by atoms with Crippen LogP contribution in [-0.4, -0.2) is 6.54 Å². The molecule has 0 aromatic heterocycles. The van der Waals surface area contributed by atoms with Gasteiger partial charge in [-0.15, -0.1) is 0 Å². The van der Waals surface area contributed by atoms with Crippen molar-refractivity contribution in [3.63, 3.8) is 0 Å². The summed E-state index contributed by atoms with van der Waals surface area (Å²) >= 11 is 0. The first-order valence-corrected chi connectivity index (χ1v) is 4.80. The van der Waals surface area contributed by atoms with Crippen molar-refractivity contribution in [1.29, 1.82) is 0 Å². The number of alkyl halides is 3. The van der Waals surface area contributed by atoms with Gasteiger partial charge in [-0.2, -0.15) is 13.2 Å². The predicted octanol–water partition coefficient (Wildman–Crippen LogP) is 2.90. The third kappa shape index (κ3) is 1.90. The van der Waals surface area contributed by atoms with Crippen LogP contribution in [0.1, 0.15) is 11.3 Å². The maximum atomic E-state index is 12.6. The van der Waals surface area contributed by atoms with E-state index in [4.69, 9.17) is 5.73 Å². The Labute approximate surface area is 90.2 Å². The van der Waals surface area contributed by atoms with Gasteiger partial charge in [0.05, 0.1) is 6.26 Å². The van der Waals surface area contributed by atoms with Crippen LogP contribution in [0, 0.1) is 0 Å². The van der Waals surface area contributed by atoms with E-state index in [2.05, 4.69) is 4.42 Å². The van der Waals surface area contributed by atoms with Crippen LogP contribution in [0.4, 0.5) is 13.2 Å². The van der Waals surface area contributed by atoms with Crippen LogP contribution in [0.5, 0.6) is 0 Å². The Bertz CT molecular complexity index is 461. The normalized spacial score (nSPS) is 12.2. The van der Waals surface area contributed by atoms with Gasteiger partial charge >= 0.3 is 6.18 Å². The second-order valence-electron chi connectivity index (χ2n) is 3.52. The Morgan fingerprint density at radius 3 is 2.62 bits per heavy atom. The summed E-state index contributed by atoms with van der Waals surface area (Å²) in [5.41, 5.74) is 6.78. The van der Waals surface area contributed by atoms with E-state index in [-0.39, 0.29) is 5.56 Å². The van der Waals surface area contributed by atoms with Crippen molar-refractivity contribution in [2.24, 2.45) is 5.73 Å². The summed E-state index contributed by atoms with van der Waals surface area (Å²) in [6.45, 7) is 0.412. The van der Waals surface area contributed by atoms with Gasteiger partial charge in [0, 0.05) is 5.56 Å². The average molecular weight is 229 g/mol. The van der Waals surface area contributed by atoms with Gasteiger partial charge in [-0.1, -0.05) is 6.07 Å². The molecule has 0 amide bonds. The van der Waals surface area contributed by atoms with Gasteiger partial charge in [0.25, 0.3) is 0 Å². The number of halogens is 3. The minimum Gasteiger partial charge on any atom is -0.459 e. The summed E-state index contributed by atoms with van der Waals surface area (Å²) in [5.74, 6) is -0.951. The van der Waals surface area contributed by atoms with Gasteiger partial charge in [-0.3, -0.25) is 0 Å². The Morgan fingerprint density at radius 1 is 1.25 bits per heavy atom. The maximum absolute atomic E-state index is 12.6. The molecule has 0 saturated heterocycles. The number of nitrogens with two attached hydrogens (primary N) is 1. The molecule has 0 spiro atoms. The molecule has 1 heterocycles. The van der Waals surface area contributed by atoms with E-state index in [9.17, 15) is 13.2 Å². The molecule has 0 aromatic carbocycles. The third-order valence-electron chi connectivity index (χ3n) is 2.35. The zero-order valence-electron chi connectivity index (χ0n) is 8.34. The fourth-order valence-corrected chi connectivity index (χ4v) is 1.69. The van der Waals surface area contributed by atoms with Gasteiger partial charge in [0.2, 0.25) is 5.76 Å². The van der Waals surface area contributed by atoms with E-state index in [0.29, 0.717) is 18.5 Å². The summed E-state index contributed by atoms with van der Waals surface area (Å²) in [7, 11) is 0. The van der Waals surface area contributed by atoms with Gasteiger partial charge in [-0.25, -0.2) is 0 Å². The predicted molar refractivity (Wildman–Crippen MR) is 53.1 cm³/mol. The molecule has 2 aliphatic rings. The molecule has 0 radical (unpaired) electrons. The Hall–Kier alpha value is -1.49. The van der Waals surface area contributed by atoms with E-state index in [0.717, 1.165) is 11.8 Å². The zero-order chi connectivity index (χ0) is 11.8. The first-order valence-electron chi connectivity index (χ1n) is 4.80. The molecular formula is C11H10F3NO. The van der Waals surface area contributed by atoms with Crippen LogP contribution in [-0.2, 0) is 12.6 Å². The quantitative estimate of drug-likeness (QED) is 0.859. The Kier molecular flexibility index (Phi) is 2.63. The summed E-state index contributed by atoms with van der Waals surface area (Å²) in [5, 5.41) is 0. The van der Waals surface area contributed by atoms with Crippen LogP contribution < -0.4 is 5.73 Å². The minimum absolute atomic E-state index is 0.0958. The molecule has 16 heavy (non-hydrogen) atoms. The molecule has 2 N–H and O–H groups in total. The van der Waals surface area contributed by atoms with Gasteiger partial charge in [-0.05, 0) is 36.2 Å². The summed E-state index contributed by atoms with van der Waals surface area (Å²) in [6.07, 6.45) is -2.85. The smallest absolute Gasteiger partial charge is 0.450 e. The monoisotopic (exact) mass is 229 g/mol. The summed E-state index contributed by atoms with van der Waals surface area (Å²) < 4.78 is 42.3. The molecule has 0 fully saturated rings. The lowest BCUT2D eigenvalue weighted by Gasteiger charge is -2.09. The molecule has 0 aromatic rings. The molecular weight excluding hydrogens is 219 g/mol. The number of rotatable bonds is 2. The molecule has 2 rings (SSSR count). The van der Waals surface area contributed by atoms with Gasteiger partial charge in [0.15, 0.2) is 0 Å². The molecule has 0 unspecified atom stereocenters. The Morgan fingerprint density at radius 2 is 2.00 bits per heavy atom. The highest BCUT2D eigenvalue weighted by Crippen LogP contribution is 2.39. The van der Waals surface area contributed by atoms with E-state index < -0.39 is 11.9 Å². The van der Waals surface area contributed by atoms with Crippen molar-refractivity contribution >= 4 is 0 Å². The van der Waals surface area contributed by atoms with Crippen LogP contribution >= 0.6 is 0 Å². The topological polar surface area (TPSA) is 39.2 Å². The highest BCUT2D eigenvalue weighted by Gasteiger charge is 2.37. The number of hydrogen-bond donors (Lipinski definition) is 1. The first-order chi connectivity index (χ1) is 7.52. The lowest BCUT2D eigenvalue weighted by molar-refractivity contribution is -0.153. The van der Waals surface area contributed by atoms with E-state index in [1.807, 2.05) is 0 Å². The molecule has 1 aliphatic carbocycles. The first kappa shape index (κ1) is 11.0. The van der Waals surface area contributed by atoms with Crippen molar-refractivity contribution in [3.05, 3.63) is 35.8 Å². The van der Waals surface area contributed by atoms with Gasteiger partial charge in [0.1, 0.15) is 0 Å². The largest absolute Gasteiger partial charge is 0.459 e. The zero-order valence-corrected chi connectivity index (χ0v) is 8.34. The fourth-order valence-electron chi connectivity index (χ4n) is 1.69. The number of hydrogen-bond acceptors (Lipinski definition) is 2. The molecule has 2 nitrogen and oxygen atoms in total. The maximum Gasteiger partial charge on any atom is 0.450 e. The fraction of sp³-hybridized carbons (Fsp3) is 0.273. The van der Waals surface area contributed by atoms with Crippen LogP contribution in [0.15, 0.2) is 28.9 Å². The molecule has 0 bridgehead atoms. The van der Waals surface area contributed by atoms with Crippen LogP contribution in [0.25, 0.3) is 11.1 Å². The molecule has 1 aliphatic heterocycles. The highest BCUT2D eigenvalue weighted by atomic mass is 19.4. The van der Waals surface area contributed by atoms with Crippen molar-refractivity contribution in [3.8, 4) is 11.1 Å². The molecule has 0 atom stereocenters. The third-order valence-corrected chi connectivity index (χ3v) is 2.35. The molecule has 0 saturated carbocycles. The minimum atomic E-state index is -4.46. The molecule has 86 valence electrons. The second-order valence-corrected chi connectivity index (χ2v) is 3.52.